The zero-order valence-corrected chi connectivity index (χ0v) is 10.4. The third-order valence-corrected chi connectivity index (χ3v) is 3.20. The monoisotopic (exact) mass is 328 g/mol. The van der Waals surface area contributed by atoms with Crippen molar-refractivity contribution in [3.05, 3.63) is 26.3 Å². The lowest BCUT2D eigenvalue weighted by Gasteiger charge is -2.22. The molecule has 1 heterocycles. The average Bonchev–Trinajstić information content (AvgIpc) is 2.06. The molecule has 1 aromatic rings. The van der Waals surface area contributed by atoms with Crippen molar-refractivity contribution < 1.29 is 4.74 Å². The highest BCUT2D eigenvalue weighted by molar-refractivity contribution is 14.1. The number of hydrogen-bond acceptors (Lipinski definition) is 1. The first kappa shape index (κ1) is 9.87. The molecule has 70 valence electrons. The van der Waals surface area contributed by atoms with Gasteiger partial charge in [-0.15, -0.1) is 11.6 Å². The molecule has 13 heavy (non-hydrogen) atoms. The van der Waals surface area contributed by atoms with E-state index in [0.29, 0.717) is 6.61 Å². The number of rotatable bonds is 0. The first-order valence-corrected chi connectivity index (χ1v) is 5.81. The van der Waals surface area contributed by atoms with E-state index in [-0.39, 0.29) is 5.38 Å². The van der Waals surface area contributed by atoms with Crippen molar-refractivity contribution in [1.29, 1.82) is 0 Å². The number of ether oxygens (including phenoxy) is 1. The summed E-state index contributed by atoms with van der Waals surface area (Å²) >= 11 is 14.3. The molecule has 0 radical (unpaired) electrons. The van der Waals surface area contributed by atoms with Crippen LogP contribution in [0.25, 0.3) is 0 Å². The predicted molar refractivity (Wildman–Crippen MR) is 63.0 cm³/mol. The lowest BCUT2D eigenvalue weighted by Crippen LogP contribution is -2.21. The van der Waals surface area contributed by atoms with Crippen LogP contribution in [0.2, 0.25) is 5.02 Å². The van der Waals surface area contributed by atoms with Crippen molar-refractivity contribution in [2.24, 2.45) is 0 Å². The zero-order valence-electron chi connectivity index (χ0n) is 6.69. The van der Waals surface area contributed by atoms with Crippen LogP contribution < -0.4 is 4.74 Å². The SMILES string of the molecule is Clc1cc(I)cc2c1C[C@H](Cl)CO2. The Morgan fingerprint density at radius 2 is 2.23 bits per heavy atom. The first-order chi connectivity index (χ1) is 6.16. The van der Waals surface area contributed by atoms with Crippen molar-refractivity contribution in [2.45, 2.75) is 11.8 Å². The summed E-state index contributed by atoms with van der Waals surface area (Å²) < 4.78 is 6.57. The van der Waals surface area contributed by atoms with Gasteiger partial charge in [-0.25, -0.2) is 0 Å². The molecule has 1 aliphatic heterocycles. The molecule has 0 N–H and O–H groups in total. The fourth-order valence-electron chi connectivity index (χ4n) is 1.37. The van der Waals surface area contributed by atoms with Gasteiger partial charge in [0.25, 0.3) is 0 Å². The summed E-state index contributed by atoms with van der Waals surface area (Å²) in [5.74, 6) is 0.883. The van der Waals surface area contributed by atoms with Crippen LogP contribution in [0.4, 0.5) is 0 Å². The van der Waals surface area contributed by atoms with Gasteiger partial charge >= 0.3 is 0 Å². The molecule has 0 spiro atoms. The minimum Gasteiger partial charge on any atom is -0.492 e. The van der Waals surface area contributed by atoms with Crippen LogP contribution >= 0.6 is 45.8 Å². The summed E-state index contributed by atoms with van der Waals surface area (Å²) in [5.41, 5.74) is 1.04. The van der Waals surface area contributed by atoms with Crippen molar-refractivity contribution in [3.8, 4) is 5.75 Å². The molecule has 0 fully saturated rings. The van der Waals surface area contributed by atoms with Crippen LogP contribution in [0, 0.1) is 3.57 Å². The largest absolute Gasteiger partial charge is 0.492 e. The third kappa shape index (κ3) is 2.05. The summed E-state index contributed by atoms with van der Waals surface area (Å²) in [5, 5.41) is 0.803. The van der Waals surface area contributed by atoms with Crippen LogP contribution in [0.5, 0.6) is 5.75 Å². The molecule has 0 saturated carbocycles. The number of hydrogen-bond donors (Lipinski definition) is 0. The average molecular weight is 329 g/mol. The van der Waals surface area contributed by atoms with E-state index in [2.05, 4.69) is 22.6 Å². The van der Waals surface area contributed by atoms with Gasteiger partial charge in [-0.3, -0.25) is 0 Å². The molecule has 1 atom stereocenters. The molecule has 1 aliphatic rings. The van der Waals surface area contributed by atoms with Crippen LogP contribution in [0.15, 0.2) is 12.1 Å². The topological polar surface area (TPSA) is 9.23 Å². The Morgan fingerprint density at radius 1 is 1.46 bits per heavy atom. The van der Waals surface area contributed by atoms with Crippen LogP contribution in [0.1, 0.15) is 5.56 Å². The quantitative estimate of drug-likeness (QED) is 0.523. The zero-order chi connectivity index (χ0) is 9.42. The molecular weight excluding hydrogens is 322 g/mol. The molecule has 0 aromatic heterocycles. The summed E-state index contributed by atoms with van der Waals surface area (Å²) in [6, 6.07) is 3.92. The van der Waals surface area contributed by atoms with Crippen molar-refractivity contribution >= 4 is 45.8 Å². The molecule has 0 amide bonds. The Labute approximate surface area is 101 Å². The van der Waals surface area contributed by atoms with E-state index in [4.69, 9.17) is 27.9 Å². The van der Waals surface area contributed by atoms with Gasteiger partial charge in [0, 0.05) is 14.2 Å². The predicted octanol–water partition coefficient (Wildman–Crippen LogP) is 3.49. The van der Waals surface area contributed by atoms with Gasteiger partial charge in [0.05, 0.1) is 5.38 Å². The van der Waals surface area contributed by atoms with Crippen LogP contribution in [-0.4, -0.2) is 12.0 Å². The molecule has 0 saturated heterocycles. The summed E-state index contributed by atoms with van der Waals surface area (Å²) in [6.45, 7) is 0.574. The van der Waals surface area contributed by atoms with E-state index in [1.165, 1.54) is 0 Å². The van der Waals surface area contributed by atoms with Crippen molar-refractivity contribution in [1.82, 2.24) is 0 Å². The van der Waals surface area contributed by atoms with Gasteiger partial charge in [-0.05, 0) is 41.1 Å². The van der Waals surface area contributed by atoms with Gasteiger partial charge in [0.15, 0.2) is 0 Å². The first-order valence-electron chi connectivity index (χ1n) is 3.91. The highest BCUT2D eigenvalue weighted by atomic mass is 127. The van der Waals surface area contributed by atoms with Gasteiger partial charge in [-0.1, -0.05) is 11.6 Å². The van der Waals surface area contributed by atoms with Crippen molar-refractivity contribution in [2.75, 3.05) is 6.61 Å². The van der Waals surface area contributed by atoms with E-state index in [9.17, 15) is 0 Å². The highest BCUT2D eigenvalue weighted by Gasteiger charge is 2.20. The molecule has 0 bridgehead atoms. The Hall–Kier alpha value is 0.330. The number of fused-ring (bicyclic) bond motifs is 1. The second-order valence-electron chi connectivity index (χ2n) is 2.98. The Kier molecular flexibility index (Phi) is 2.91. The highest BCUT2D eigenvalue weighted by Crippen LogP contribution is 2.34. The summed E-state index contributed by atoms with van der Waals surface area (Å²) in [4.78, 5) is 0. The minimum atomic E-state index is 0.0464. The van der Waals surface area contributed by atoms with Gasteiger partial charge in [0.2, 0.25) is 0 Å². The van der Waals surface area contributed by atoms with Crippen LogP contribution in [-0.2, 0) is 6.42 Å². The maximum atomic E-state index is 6.07. The Bertz CT molecular complexity index is 341. The van der Waals surface area contributed by atoms with E-state index in [0.717, 1.165) is 26.3 Å². The second kappa shape index (κ2) is 3.83. The fourth-order valence-corrected chi connectivity index (χ4v) is 2.65. The third-order valence-electron chi connectivity index (χ3n) is 1.96. The van der Waals surface area contributed by atoms with E-state index < -0.39 is 0 Å². The lowest BCUT2D eigenvalue weighted by atomic mass is 10.1. The minimum absolute atomic E-state index is 0.0464. The number of benzene rings is 1. The van der Waals surface area contributed by atoms with Gasteiger partial charge in [0.1, 0.15) is 12.4 Å². The maximum Gasteiger partial charge on any atom is 0.125 e. The smallest absolute Gasteiger partial charge is 0.125 e. The van der Waals surface area contributed by atoms with Gasteiger partial charge in [-0.2, -0.15) is 0 Å². The molecule has 2 rings (SSSR count). The van der Waals surface area contributed by atoms with Crippen molar-refractivity contribution in [3.63, 3.8) is 0 Å². The fraction of sp³-hybridized carbons (Fsp3) is 0.333. The van der Waals surface area contributed by atoms with E-state index in [1.807, 2.05) is 12.1 Å². The number of alkyl halides is 1. The molecule has 0 aliphatic carbocycles. The molecule has 1 aromatic carbocycles. The molecule has 4 heteroatoms. The Balaban J connectivity index is 2.47. The van der Waals surface area contributed by atoms with E-state index in [1.54, 1.807) is 0 Å². The second-order valence-corrected chi connectivity index (χ2v) is 5.25. The molecule has 0 unspecified atom stereocenters. The lowest BCUT2D eigenvalue weighted by molar-refractivity contribution is 0.292. The maximum absolute atomic E-state index is 6.07. The summed E-state index contributed by atoms with van der Waals surface area (Å²) in [7, 11) is 0. The van der Waals surface area contributed by atoms with E-state index >= 15 is 0 Å². The molecule has 1 nitrogen and oxygen atoms in total. The number of halogens is 3. The van der Waals surface area contributed by atoms with Crippen LogP contribution in [0.3, 0.4) is 0 Å². The standard InChI is InChI=1S/C9H7Cl2IO/c10-5-1-7-8(11)2-6(12)3-9(7)13-4-5/h2-3,5H,1,4H2/t5-/m0/s1. The normalized spacial score (nSPS) is 20.7. The van der Waals surface area contributed by atoms with Gasteiger partial charge < -0.3 is 4.74 Å². The molecular formula is C9H7Cl2IO. The Morgan fingerprint density at radius 3 is 3.00 bits per heavy atom. The summed E-state index contributed by atoms with van der Waals surface area (Å²) in [6.07, 6.45) is 0.798.